The Hall–Kier alpha value is -3.81. The summed E-state index contributed by atoms with van der Waals surface area (Å²) in [6, 6.07) is 12.4. The van der Waals surface area contributed by atoms with Crippen LogP contribution in [0.1, 0.15) is 20.8 Å². The Labute approximate surface area is 141 Å². The molecule has 0 atom stereocenters. The molecule has 1 aromatic carbocycles. The van der Waals surface area contributed by atoms with Gasteiger partial charge in [-0.1, -0.05) is 6.07 Å². The lowest BCUT2D eigenvalue weighted by atomic mass is 10.2. The van der Waals surface area contributed by atoms with Crippen LogP contribution in [0.5, 0.6) is 0 Å². The van der Waals surface area contributed by atoms with Gasteiger partial charge >= 0.3 is 0 Å². The molecule has 3 rings (SSSR count). The van der Waals surface area contributed by atoms with E-state index in [2.05, 4.69) is 25.8 Å². The molecule has 124 valence electrons. The zero-order chi connectivity index (χ0) is 17.6. The van der Waals surface area contributed by atoms with Crippen LogP contribution >= 0.6 is 0 Å². The van der Waals surface area contributed by atoms with Crippen LogP contribution in [0.2, 0.25) is 0 Å². The quantitative estimate of drug-likeness (QED) is 0.670. The number of benzene rings is 1. The lowest BCUT2D eigenvalue weighted by Crippen LogP contribution is -2.17. The van der Waals surface area contributed by atoms with Crippen molar-refractivity contribution in [2.75, 3.05) is 10.6 Å². The summed E-state index contributed by atoms with van der Waals surface area (Å²) in [7, 11) is 0. The van der Waals surface area contributed by atoms with Crippen LogP contribution in [-0.2, 0) is 0 Å². The molecule has 3 aromatic rings. The lowest BCUT2D eigenvalue weighted by Gasteiger charge is -2.08. The van der Waals surface area contributed by atoms with Crippen LogP contribution in [0.3, 0.4) is 0 Å². The van der Waals surface area contributed by atoms with E-state index in [9.17, 15) is 14.4 Å². The molecule has 0 spiro atoms. The number of carbonyl (C=O) groups is 2. The number of nitrogens with one attached hydrogen (secondary N) is 3. The van der Waals surface area contributed by atoms with E-state index >= 15 is 0 Å². The molecule has 2 heterocycles. The predicted molar refractivity (Wildman–Crippen MR) is 91.4 cm³/mol. The molecule has 0 saturated carbocycles. The molecule has 25 heavy (non-hydrogen) atoms. The number of amides is 2. The molecule has 0 saturated heterocycles. The highest BCUT2D eigenvalue weighted by atomic mass is 16.2. The van der Waals surface area contributed by atoms with Crippen LogP contribution < -0.4 is 16.2 Å². The Balaban J connectivity index is 1.71. The summed E-state index contributed by atoms with van der Waals surface area (Å²) < 4.78 is 0. The highest BCUT2D eigenvalue weighted by Gasteiger charge is 2.09. The third kappa shape index (κ3) is 4.14. The summed E-state index contributed by atoms with van der Waals surface area (Å²) >= 11 is 0. The van der Waals surface area contributed by atoms with Crippen molar-refractivity contribution in [2.24, 2.45) is 0 Å². The van der Waals surface area contributed by atoms with Crippen molar-refractivity contribution in [2.45, 2.75) is 0 Å². The number of nitrogens with zero attached hydrogens (tertiary/aromatic N) is 2. The number of aromatic amines is 1. The molecule has 0 unspecified atom stereocenters. The summed E-state index contributed by atoms with van der Waals surface area (Å²) in [5, 5.41) is 11.2. The number of hydrogen-bond acceptors (Lipinski definition) is 5. The van der Waals surface area contributed by atoms with Crippen molar-refractivity contribution in [1.29, 1.82) is 0 Å². The first-order chi connectivity index (χ1) is 12.1. The summed E-state index contributed by atoms with van der Waals surface area (Å²) in [4.78, 5) is 39.1. The van der Waals surface area contributed by atoms with Crippen molar-refractivity contribution in [3.05, 3.63) is 82.5 Å². The lowest BCUT2D eigenvalue weighted by molar-refractivity contribution is 0.101. The fourth-order valence-electron chi connectivity index (χ4n) is 2.05. The third-order valence-corrected chi connectivity index (χ3v) is 3.23. The van der Waals surface area contributed by atoms with Crippen LogP contribution in [0, 0.1) is 0 Å². The molecular weight excluding hydrogens is 322 g/mol. The minimum Gasteiger partial charge on any atom is -0.322 e. The van der Waals surface area contributed by atoms with Gasteiger partial charge in [0.05, 0.1) is 0 Å². The van der Waals surface area contributed by atoms with Crippen molar-refractivity contribution >= 4 is 23.2 Å². The first kappa shape index (κ1) is 16.1. The second kappa shape index (κ2) is 7.18. The average Bonchev–Trinajstić information content (AvgIpc) is 2.63. The monoisotopic (exact) mass is 335 g/mol. The van der Waals surface area contributed by atoms with Gasteiger partial charge < -0.3 is 10.6 Å². The van der Waals surface area contributed by atoms with Crippen LogP contribution in [0.4, 0.5) is 11.4 Å². The fraction of sp³-hybridized carbons (Fsp3) is 0. The van der Waals surface area contributed by atoms with Gasteiger partial charge in [-0.05, 0) is 36.4 Å². The van der Waals surface area contributed by atoms with Gasteiger partial charge in [-0.2, -0.15) is 5.10 Å². The van der Waals surface area contributed by atoms with Gasteiger partial charge in [0.2, 0.25) is 0 Å². The van der Waals surface area contributed by atoms with Gasteiger partial charge in [-0.3, -0.25) is 19.4 Å². The second-order valence-electron chi connectivity index (χ2n) is 5.03. The molecule has 0 radical (unpaired) electrons. The highest BCUT2D eigenvalue weighted by molar-refractivity contribution is 6.05. The largest absolute Gasteiger partial charge is 0.322 e. The minimum atomic E-state index is -0.478. The van der Waals surface area contributed by atoms with Crippen LogP contribution in [0.25, 0.3) is 0 Å². The van der Waals surface area contributed by atoms with Crippen molar-refractivity contribution in [1.82, 2.24) is 15.2 Å². The Bertz CT molecular complexity index is 949. The van der Waals surface area contributed by atoms with Gasteiger partial charge in [0.15, 0.2) is 0 Å². The van der Waals surface area contributed by atoms with E-state index in [4.69, 9.17) is 0 Å². The maximum absolute atomic E-state index is 12.1. The standard InChI is InChI=1S/C17H13N5O3/c23-15-5-4-14(21-22-15)17(25)20-13-3-1-2-12(10-13)19-16(24)11-6-8-18-9-7-11/h1-10H,(H,19,24)(H,20,25)(H,22,23). The number of hydrogen-bond donors (Lipinski definition) is 3. The van der Waals surface area contributed by atoms with E-state index in [0.717, 1.165) is 0 Å². The number of pyridine rings is 1. The van der Waals surface area contributed by atoms with Crippen LogP contribution in [-0.4, -0.2) is 27.0 Å². The summed E-state index contributed by atoms with van der Waals surface area (Å²) in [6.07, 6.45) is 3.06. The van der Waals surface area contributed by atoms with E-state index < -0.39 is 11.5 Å². The van der Waals surface area contributed by atoms with E-state index in [1.54, 1.807) is 36.4 Å². The number of aromatic nitrogens is 3. The molecule has 8 heteroatoms. The topological polar surface area (TPSA) is 117 Å². The molecular formula is C17H13N5O3. The average molecular weight is 335 g/mol. The molecule has 0 aliphatic rings. The van der Waals surface area contributed by atoms with E-state index in [1.165, 1.54) is 24.5 Å². The zero-order valence-corrected chi connectivity index (χ0v) is 12.9. The smallest absolute Gasteiger partial charge is 0.276 e. The fourth-order valence-corrected chi connectivity index (χ4v) is 2.05. The van der Waals surface area contributed by atoms with Gasteiger partial charge in [0.1, 0.15) is 5.69 Å². The first-order valence-corrected chi connectivity index (χ1v) is 7.30. The van der Waals surface area contributed by atoms with Crippen molar-refractivity contribution in [3.63, 3.8) is 0 Å². The van der Waals surface area contributed by atoms with E-state index in [0.29, 0.717) is 16.9 Å². The molecule has 8 nitrogen and oxygen atoms in total. The number of H-pyrrole nitrogens is 1. The zero-order valence-electron chi connectivity index (χ0n) is 12.9. The van der Waals surface area contributed by atoms with Gasteiger partial charge in [-0.25, -0.2) is 5.10 Å². The van der Waals surface area contributed by atoms with E-state index in [-0.39, 0.29) is 11.6 Å². The molecule has 0 aliphatic heterocycles. The summed E-state index contributed by atoms with van der Waals surface area (Å²) in [5.74, 6) is -0.762. The maximum atomic E-state index is 12.1. The number of carbonyl (C=O) groups excluding carboxylic acids is 2. The molecule has 3 N–H and O–H groups in total. The SMILES string of the molecule is O=C(Nc1cccc(NC(=O)c2ccc(=O)[nH]n2)c1)c1ccncc1. The van der Waals surface area contributed by atoms with Crippen molar-refractivity contribution in [3.8, 4) is 0 Å². The number of anilines is 2. The maximum Gasteiger partial charge on any atom is 0.276 e. The summed E-state index contributed by atoms with van der Waals surface area (Å²) in [6.45, 7) is 0. The normalized spacial score (nSPS) is 10.1. The summed E-state index contributed by atoms with van der Waals surface area (Å²) in [5.41, 5.74) is 1.16. The highest BCUT2D eigenvalue weighted by Crippen LogP contribution is 2.16. The van der Waals surface area contributed by atoms with E-state index in [1.807, 2.05) is 0 Å². The first-order valence-electron chi connectivity index (χ1n) is 7.30. The second-order valence-corrected chi connectivity index (χ2v) is 5.03. The Kier molecular flexibility index (Phi) is 4.61. The molecule has 0 fully saturated rings. The van der Waals surface area contributed by atoms with Gasteiger partial charge in [-0.15, -0.1) is 0 Å². The van der Waals surface area contributed by atoms with Gasteiger partial charge in [0, 0.05) is 35.4 Å². The minimum absolute atomic E-state index is 0.0748. The molecule has 0 aliphatic carbocycles. The predicted octanol–water partition coefficient (Wildman–Crippen LogP) is 1.67. The molecule has 2 amide bonds. The Morgan fingerprint density at radius 2 is 1.56 bits per heavy atom. The van der Waals surface area contributed by atoms with Gasteiger partial charge in [0.25, 0.3) is 17.4 Å². The molecule has 0 bridgehead atoms. The van der Waals surface area contributed by atoms with Crippen molar-refractivity contribution < 1.29 is 9.59 Å². The number of rotatable bonds is 4. The Morgan fingerprint density at radius 1 is 0.880 bits per heavy atom. The third-order valence-electron chi connectivity index (χ3n) is 3.23. The van der Waals surface area contributed by atoms with Crippen LogP contribution in [0.15, 0.2) is 65.7 Å². The Morgan fingerprint density at radius 3 is 2.20 bits per heavy atom. The molecule has 2 aromatic heterocycles.